The van der Waals surface area contributed by atoms with E-state index in [0.717, 1.165) is 36.4 Å². The van der Waals surface area contributed by atoms with E-state index in [2.05, 4.69) is 4.72 Å². The van der Waals surface area contributed by atoms with Crippen LogP contribution >= 0.6 is 0 Å². The molecule has 0 radical (unpaired) electrons. The number of anilines is 1. The average Bonchev–Trinajstić information content (AvgIpc) is 2.41. The Morgan fingerprint density at radius 3 is 2.29 bits per heavy atom. The Morgan fingerprint density at radius 1 is 1.10 bits per heavy atom. The van der Waals surface area contributed by atoms with E-state index in [0.29, 0.717) is 0 Å². The molecule has 0 saturated heterocycles. The molecule has 2 aromatic carbocycles. The summed E-state index contributed by atoms with van der Waals surface area (Å²) in [6.07, 6.45) is 0. The van der Waals surface area contributed by atoms with Crippen LogP contribution in [0.5, 0.6) is 0 Å². The molecule has 0 fully saturated rings. The zero-order valence-electron chi connectivity index (χ0n) is 10.6. The van der Waals surface area contributed by atoms with Crippen LogP contribution in [0.2, 0.25) is 0 Å². The molecule has 0 aromatic heterocycles. The monoisotopic (exact) mass is 311 g/mol. The third-order valence-electron chi connectivity index (χ3n) is 2.63. The fourth-order valence-corrected chi connectivity index (χ4v) is 2.67. The molecule has 0 aliphatic carbocycles. The highest BCUT2D eigenvalue weighted by Gasteiger charge is 2.15. The predicted molar refractivity (Wildman–Crippen MR) is 74.6 cm³/mol. The molecule has 0 unspecified atom stereocenters. The van der Waals surface area contributed by atoms with E-state index in [1.807, 2.05) is 0 Å². The summed E-state index contributed by atoms with van der Waals surface area (Å²) in [7, 11) is -3.94. The van der Waals surface area contributed by atoms with Crippen molar-refractivity contribution in [3.63, 3.8) is 0 Å². The largest absolute Gasteiger partial charge is 0.384 e. The van der Waals surface area contributed by atoms with Gasteiger partial charge in [0.15, 0.2) is 0 Å². The van der Waals surface area contributed by atoms with Crippen molar-refractivity contribution in [1.29, 1.82) is 5.41 Å². The van der Waals surface area contributed by atoms with Crippen LogP contribution in [0.15, 0.2) is 47.4 Å². The molecule has 2 aromatic rings. The van der Waals surface area contributed by atoms with E-state index in [-0.39, 0.29) is 16.1 Å². The smallest absolute Gasteiger partial charge is 0.261 e. The summed E-state index contributed by atoms with van der Waals surface area (Å²) < 4.78 is 52.5. The van der Waals surface area contributed by atoms with Crippen LogP contribution in [-0.4, -0.2) is 14.3 Å². The van der Waals surface area contributed by atoms with Crippen molar-refractivity contribution in [2.75, 3.05) is 4.72 Å². The summed E-state index contributed by atoms with van der Waals surface area (Å²) in [5.74, 6) is -1.81. The molecule has 0 atom stereocenters. The van der Waals surface area contributed by atoms with E-state index >= 15 is 0 Å². The number of amidine groups is 1. The number of nitrogens with one attached hydrogen (secondary N) is 2. The molecule has 4 N–H and O–H groups in total. The Bertz CT molecular complexity index is 790. The number of nitrogen functional groups attached to an aromatic ring is 1. The Hall–Kier alpha value is -2.48. The first-order valence-electron chi connectivity index (χ1n) is 5.72. The quantitative estimate of drug-likeness (QED) is 0.595. The van der Waals surface area contributed by atoms with Gasteiger partial charge < -0.3 is 5.73 Å². The topological polar surface area (TPSA) is 96.0 Å². The second kappa shape index (κ2) is 5.49. The summed E-state index contributed by atoms with van der Waals surface area (Å²) in [5.41, 5.74) is 5.03. The van der Waals surface area contributed by atoms with Gasteiger partial charge in [-0.2, -0.15) is 0 Å². The fourth-order valence-electron chi connectivity index (χ4n) is 1.62. The molecular formula is C13H11F2N3O2S. The lowest BCUT2D eigenvalue weighted by atomic mass is 10.2. The number of halogens is 2. The molecule has 8 heteroatoms. The number of benzene rings is 2. The molecule has 0 heterocycles. The van der Waals surface area contributed by atoms with Crippen LogP contribution in [0.1, 0.15) is 5.56 Å². The fraction of sp³-hybridized carbons (Fsp3) is 0. The molecule has 21 heavy (non-hydrogen) atoms. The normalized spacial score (nSPS) is 11.1. The summed E-state index contributed by atoms with van der Waals surface area (Å²) >= 11 is 0. The van der Waals surface area contributed by atoms with Gasteiger partial charge in [-0.3, -0.25) is 10.1 Å². The molecule has 0 saturated carbocycles. The number of sulfonamides is 1. The molecule has 0 spiro atoms. The van der Waals surface area contributed by atoms with Crippen LogP contribution in [0.25, 0.3) is 0 Å². The second-order valence-corrected chi connectivity index (χ2v) is 5.85. The third-order valence-corrected chi connectivity index (χ3v) is 4.03. The van der Waals surface area contributed by atoms with Crippen LogP contribution < -0.4 is 10.5 Å². The summed E-state index contributed by atoms with van der Waals surface area (Å²) in [6, 6.07) is 7.54. The number of hydrogen-bond acceptors (Lipinski definition) is 3. The molecule has 110 valence electrons. The lowest BCUT2D eigenvalue weighted by molar-refractivity contribution is 0.599. The Kier molecular flexibility index (Phi) is 3.90. The van der Waals surface area contributed by atoms with Gasteiger partial charge in [0.1, 0.15) is 17.5 Å². The van der Waals surface area contributed by atoms with E-state index in [1.165, 1.54) is 6.07 Å². The first-order valence-corrected chi connectivity index (χ1v) is 7.20. The highest BCUT2D eigenvalue weighted by Crippen LogP contribution is 2.19. The van der Waals surface area contributed by atoms with Gasteiger partial charge in [0.2, 0.25) is 0 Å². The van der Waals surface area contributed by atoms with E-state index in [1.54, 1.807) is 0 Å². The molecule has 5 nitrogen and oxygen atoms in total. The van der Waals surface area contributed by atoms with E-state index in [9.17, 15) is 17.2 Å². The lowest BCUT2D eigenvalue weighted by Gasteiger charge is -2.10. The maximum absolute atomic E-state index is 13.4. The second-order valence-electron chi connectivity index (χ2n) is 4.17. The Balaban J connectivity index is 2.35. The third kappa shape index (κ3) is 3.34. The molecular weight excluding hydrogens is 300 g/mol. The number of nitrogens with two attached hydrogens (primary N) is 1. The van der Waals surface area contributed by atoms with Crippen molar-refractivity contribution in [1.82, 2.24) is 0 Å². The van der Waals surface area contributed by atoms with Gasteiger partial charge in [-0.05, 0) is 42.5 Å². The van der Waals surface area contributed by atoms with Crippen molar-refractivity contribution < 1.29 is 17.2 Å². The summed E-state index contributed by atoms with van der Waals surface area (Å²) in [4.78, 5) is -0.141. The highest BCUT2D eigenvalue weighted by atomic mass is 32.2. The standard InChI is InChI=1S/C13H11F2N3O2S/c14-8-1-4-10(5-2-8)21(19,20)18-9-3-6-12(15)11(7-9)13(16)17/h1-7,18H,(H3,16,17). The Morgan fingerprint density at radius 2 is 1.71 bits per heavy atom. The van der Waals surface area contributed by atoms with Crippen LogP contribution in [0.3, 0.4) is 0 Å². The average molecular weight is 311 g/mol. The van der Waals surface area contributed by atoms with Gasteiger partial charge in [-0.25, -0.2) is 17.2 Å². The van der Waals surface area contributed by atoms with Crippen LogP contribution in [0.4, 0.5) is 14.5 Å². The summed E-state index contributed by atoms with van der Waals surface area (Å²) in [5, 5.41) is 7.21. The first-order chi connectivity index (χ1) is 9.79. The van der Waals surface area contributed by atoms with Crippen LogP contribution in [-0.2, 0) is 10.0 Å². The van der Waals surface area contributed by atoms with Gasteiger partial charge in [-0.15, -0.1) is 0 Å². The minimum atomic E-state index is -3.94. The highest BCUT2D eigenvalue weighted by molar-refractivity contribution is 7.92. The molecule has 0 bridgehead atoms. The van der Waals surface area contributed by atoms with Crippen LogP contribution in [0, 0.1) is 17.0 Å². The minimum absolute atomic E-state index is 0.0472. The van der Waals surface area contributed by atoms with Gasteiger partial charge >= 0.3 is 0 Å². The number of rotatable bonds is 4. The van der Waals surface area contributed by atoms with Crippen molar-refractivity contribution in [3.8, 4) is 0 Å². The lowest BCUT2D eigenvalue weighted by Crippen LogP contribution is -2.16. The molecule has 2 rings (SSSR count). The summed E-state index contributed by atoms with van der Waals surface area (Å²) in [6.45, 7) is 0. The molecule has 0 amide bonds. The van der Waals surface area contributed by atoms with Crippen molar-refractivity contribution >= 4 is 21.5 Å². The van der Waals surface area contributed by atoms with Crippen molar-refractivity contribution in [2.24, 2.45) is 5.73 Å². The van der Waals surface area contributed by atoms with Crippen molar-refractivity contribution in [2.45, 2.75) is 4.90 Å². The number of hydrogen-bond donors (Lipinski definition) is 3. The van der Waals surface area contributed by atoms with Crippen molar-refractivity contribution in [3.05, 3.63) is 59.7 Å². The predicted octanol–water partition coefficient (Wildman–Crippen LogP) is 2.05. The molecule has 0 aliphatic rings. The zero-order chi connectivity index (χ0) is 15.6. The Labute approximate surface area is 120 Å². The first kappa shape index (κ1) is 14.9. The zero-order valence-corrected chi connectivity index (χ0v) is 11.4. The van der Waals surface area contributed by atoms with Gasteiger partial charge in [-0.1, -0.05) is 0 Å². The van der Waals surface area contributed by atoms with E-state index in [4.69, 9.17) is 11.1 Å². The maximum Gasteiger partial charge on any atom is 0.261 e. The van der Waals surface area contributed by atoms with Gasteiger partial charge in [0.05, 0.1) is 10.5 Å². The van der Waals surface area contributed by atoms with E-state index < -0.39 is 27.5 Å². The SMILES string of the molecule is N=C(N)c1cc(NS(=O)(=O)c2ccc(F)cc2)ccc1F. The van der Waals surface area contributed by atoms with Gasteiger partial charge in [0, 0.05) is 5.69 Å². The van der Waals surface area contributed by atoms with Gasteiger partial charge in [0.25, 0.3) is 10.0 Å². The molecule has 0 aliphatic heterocycles. The maximum atomic E-state index is 13.4. The minimum Gasteiger partial charge on any atom is -0.384 e.